The van der Waals surface area contributed by atoms with Crippen LogP contribution in [0.5, 0.6) is 0 Å². The van der Waals surface area contributed by atoms with Gasteiger partial charge in [-0.25, -0.2) is 0 Å². The van der Waals surface area contributed by atoms with Gasteiger partial charge in [-0.15, -0.1) is 0 Å². The fourth-order valence-corrected chi connectivity index (χ4v) is 1.82. The fourth-order valence-electron chi connectivity index (χ4n) is 1.82. The van der Waals surface area contributed by atoms with E-state index in [1.165, 1.54) is 44.9 Å². The van der Waals surface area contributed by atoms with Crippen LogP contribution in [0.4, 0.5) is 0 Å². The van der Waals surface area contributed by atoms with Crippen molar-refractivity contribution in [1.29, 1.82) is 0 Å². The smallest absolute Gasteiger partial charge is 0.103 e. The predicted octanol–water partition coefficient (Wildman–Crippen LogP) is 4.64. The molecule has 16 heavy (non-hydrogen) atoms. The van der Waals surface area contributed by atoms with Crippen LogP contribution in [-0.4, -0.2) is 12.2 Å². The number of rotatable bonds is 9. The summed E-state index contributed by atoms with van der Waals surface area (Å²) in [5.41, 5.74) is 0. The summed E-state index contributed by atoms with van der Waals surface area (Å²) in [6.45, 7) is 4.47. The maximum Gasteiger partial charge on any atom is 0.103 e. The van der Waals surface area contributed by atoms with Gasteiger partial charge in [0, 0.05) is 0 Å². The largest absolute Gasteiger partial charge is 0.365 e. The van der Waals surface area contributed by atoms with Crippen molar-refractivity contribution in [2.24, 2.45) is 0 Å². The molecule has 0 aromatic rings. The summed E-state index contributed by atoms with van der Waals surface area (Å²) in [4.78, 5) is 0. The third-order valence-electron chi connectivity index (χ3n) is 2.99. The van der Waals surface area contributed by atoms with Gasteiger partial charge < -0.3 is 4.74 Å². The molecule has 1 heterocycles. The Bertz CT molecular complexity index is 217. The predicted molar refractivity (Wildman–Crippen MR) is 70.6 cm³/mol. The highest BCUT2D eigenvalue weighted by Crippen LogP contribution is 2.28. The van der Waals surface area contributed by atoms with Gasteiger partial charge in [-0.2, -0.15) is 0 Å². The number of allylic oxidation sites excluding steroid dienone is 3. The van der Waals surface area contributed by atoms with E-state index in [4.69, 9.17) is 4.74 Å². The van der Waals surface area contributed by atoms with Gasteiger partial charge in [0.1, 0.15) is 6.10 Å². The Labute approximate surface area is 101 Å². The van der Waals surface area contributed by atoms with Gasteiger partial charge in [0.25, 0.3) is 0 Å². The normalized spacial score (nSPS) is 24.6. The molecule has 0 radical (unpaired) electrons. The van der Waals surface area contributed by atoms with Crippen molar-refractivity contribution in [2.75, 3.05) is 0 Å². The van der Waals surface area contributed by atoms with Crippen molar-refractivity contribution >= 4 is 0 Å². The number of unbranched alkanes of at least 4 members (excludes halogenated alkanes) is 4. The molecule has 1 fully saturated rings. The second kappa shape index (κ2) is 8.58. The van der Waals surface area contributed by atoms with Gasteiger partial charge in [-0.05, 0) is 19.3 Å². The van der Waals surface area contributed by atoms with Crippen LogP contribution in [0.3, 0.4) is 0 Å². The summed E-state index contributed by atoms with van der Waals surface area (Å²) in [5.74, 6) is 0. The van der Waals surface area contributed by atoms with E-state index in [0.29, 0.717) is 12.2 Å². The quantitative estimate of drug-likeness (QED) is 0.314. The Morgan fingerprint density at radius 3 is 2.56 bits per heavy atom. The lowest BCUT2D eigenvalue weighted by Gasteiger charge is -1.90. The molecule has 1 rings (SSSR count). The highest BCUT2D eigenvalue weighted by molar-refractivity contribution is 5.10. The molecule has 1 nitrogen and oxygen atoms in total. The molecule has 0 aliphatic carbocycles. The number of epoxide rings is 1. The lowest BCUT2D eigenvalue weighted by Crippen LogP contribution is -1.89. The first kappa shape index (κ1) is 13.5. The average Bonchev–Trinajstić information content (AvgIpc) is 3.04. The van der Waals surface area contributed by atoms with E-state index in [-0.39, 0.29) is 0 Å². The zero-order valence-electron chi connectivity index (χ0n) is 10.8. The van der Waals surface area contributed by atoms with Crippen molar-refractivity contribution in [3.8, 4) is 0 Å². The summed E-state index contributed by atoms with van der Waals surface area (Å²) >= 11 is 0. The second-order valence-corrected chi connectivity index (χ2v) is 4.59. The number of ether oxygens (including phenoxy) is 1. The maximum absolute atomic E-state index is 5.54. The molecule has 2 atom stereocenters. The first-order chi connectivity index (χ1) is 7.88. The van der Waals surface area contributed by atoms with E-state index in [1.54, 1.807) is 0 Å². The number of hydrogen-bond donors (Lipinski definition) is 0. The summed E-state index contributed by atoms with van der Waals surface area (Å²) in [7, 11) is 0. The Morgan fingerprint density at radius 2 is 1.81 bits per heavy atom. The summed E-state index contributed by atoms with van der Waals surface area (Å²) in [6, 6.07) is 0. The van der Waals surface area contributed by atoms with Crippen LogP contribution in [0.2, 0.25) is 0 Å². The molecule has 0 aromatic carbocycles. The van der Waals surface area contributed by atoms with Crippen molar-refractivity contribution < 1.29 is 4.74 Å². The first-order valence-corrected chi connectivity index (χ1v) is 6.87. The minimum Gasteiger partial charge on any atom is -0.365 e. The van der Waals surface area contributed by atoms with Crippen LogP contribution in [0.25, 0.3) is 0 Å². The molecule has 1 aliphatic rings. The van der Waals surface area contributed by atoms with E-state index in [0.717, 1.165) is 0 Å². The van der Waals surface area contributed by atoms with Crippen LogP contribution < -0.4 is 0 Å². The van der Waals surface area contributed by atoms with Crippen LogP contribution in [0.1, 0.15) is 58.8 Å². The molecule has 92 valence electrons. The molecule has 0 aromatic heterocycles. The molecule has 0 spiro atoms. The van der Waals surface area contributed by atoms with Crippen molar-refractivity contribution in [3.63, 3.8) is 0 Å². The SMILES string of the molecule is CCCCC/C=C\C=C\[C@@H]1O[C@H]1CCCC. The van der Waals surface area contributed by atoms with E-state index in [9.17, 15) is 0 Å². The highest BCUT2D eigenvalue weighted by atomic mass is 16.6. The van der Waals surface area contributed by atoms with E-state index >= 15 is 0 Å². The zero-order chi connectivity index (χ0) is 11.6. The molecule has 1 saturated heterocycles. The lowest BCUT2D eigenvalue weighted by atomic mass is 10.1. The Balaban J connectivity index is 1.97. The van der Waals surface area contributed by atoms with Crippen LogP contribution in [-0.2, 0) is 4.74 Å². The van der Waals surface area contributed by atoms with Gasteiger partial charge >= 0.3 is 0 Å². The number of hydrogen-bond acceptors (Lipinski definition) is 1. The first-order valence-electron chi connectivity index (χ1n) is 6.87. The third kappa shape index (κ3) is 6.12. The Morgan fingerprint density at radius 1 is 1.00 bits per heavy atom. The molecular weight excluding hydrogens is 196 g/mol. The minimum atomic E-state index is 0.409. The summed E-state index contributed by atoms with van der Waals surface area (Å²) in [6.07, 6.45) is 18.7. The molecule has 1 aliphatic heterocycles. The van der Waals surface area contributed by atoms with Gasteiger partial charge in [0.05, 0.1) is 6.10 Å². The topological polar surface area (TPSA) is 12.5 Å². The standard InChI is InChI=1S/C15H26O/c1-3-5-7-8-9-10-11-13-15-14(16-15)12-6-4-2/h9-11,13-15H,3-8,12H2,1-2H3/b10-9-,13-11+/t14-,15-/m0/s1. The highest BCUT2D eigenvalue weighted by Gasteiger charge is 2.34. The summed E-state index contributed by atoms with van der Waals surface area (Å²) < 4.78 is 5.54. The molecule has 0 unspecified atom stereocenters. The van der Waals surface area contributed by atoms with Crippen molar-refractivity contribution in [1.82, 2.24) is 0 Å². The van der Waals surface area contributed by atoms with Gasteiger partial charge in [0.15, 0.2) is 0 Å². The van der Waals surface area contributed by atoms with Gasteiger partial charge in [-0.3, -0.25) is 0 Å². The Hall–Kier alpha value is -0.560. The molecular formula is C15H26O. The zero-order valence-corrected chi connectivity index (χ0v) is 10.8. The van der Waals surface area contributed by atoms with Crippen molar-refractivity contribution in [2.45, 2.75) is 71.0 Å². The average molecular weight is 222 g/mol. The lowest BCUT2D eigenvalue weighted by molar-refractivity contribution is 0.375. The van der Waals surface area contributed by atoms with Crippen molar-refractivity contribution in [3.05, 3.63) is 24.3 Å². The van der Waals surface area contributed by atoms with Crippen LogP contribution in [0, 0.1) is 0 Å². The van der Waals surface area contributed by atoms with Gasteiger partial charge in [0.2, 0.25) is 0 Å². The maximum atomic E-state index is 5.54. The molecule has 1 heteroatoms. The minimum absolute atomic E-state index is 0.409. The molecule has 0 N–H and O–H groups in total. The molecule has 0 saturated carbocycles. The van der Waals surface area contributed by atoms with Crippen LogP contribution >= 0.6 is 0 Å². The molecule has 0 amide bonds. The fraction of sp³-hybridized carbons (Fsp3) is 0.733. The van der Waals surface area contributed by atoms with Gasteiger partial charge in [-0.1, -0.05) is 63.8 Å². The van der Waals surface area contributed by atoms with E-state index in [2.05, 4.69) is 38.2 Å². The molecule has 0 bridgehead atoms. The van der Waals surface area contributed by atoms with E-state index in [1.807, 2.05) is 0 Å². The monoisotopic (exact) mass is 222 g/mol. The van der Waals surface area contributed by atoms with E-state index < -0.39 is 0 Å². The summed E-state index contributed by atoms with van der Waals surface area (Å²) in [5, 5.41) is 0. The second-order valence-electron chi connectivity index (χ2n) is 4.59. The Kier molecular flexibility index (Phi) is 7.24. The third-order valence-corrected chi connectivity index (χ3v) is 2.99. The van der Waals surface area contributed by atoms with Crippen LogP contribution in [0.15, 0.2) is 24.3 Å².